The van der Waals surface area contributed by atoms with Gasteiger partial charge in [0.1, 0.15) is 17.6 Å². The lowest BCUT2D eigenvalue weighted by atomic mass is 10.0. The van der Waals surface area contributed by atoms with E-state index in [0.717, 1.165) is 27.1 Å². The summed E-state index contributed by atoms with van der Waals surface area (Å²) in [7, 11) is 1.58. The minimum atomic E-state index is -0.298. The van der Waals surface area contributed by atoms with E-state index in [4.69, 9.17) is 21.4 Å². The number of amides is 1. The molecule has 9 heteroatoms. The molecule has 4 aromatic rings. The number of anilines is 2. The summed E-state index contributed by atoms with van der Waals surface area (Å²) in [5, 5.41) is 7.65. The minimum Gasteiger partial charge on any atom is -0.494 e. The van der Waals surface area contributed by atoms with E-state index in [1.807, 2.05) is 83.8 Å². The molecule has 0 saturated carbocycles. The highest BCUT2D eigenvalue weighted by atomic mass is 32.2. The van der Waals surface area contributed by atoms with Crippen molar-refractivity contribution in [2.45, 2.75) is 35.4 Å². The number of nitrogens with zero attached hydrogens (tertiary/aromatic N) is 2. The Bertz CT molecular complexity index is 1400. The number of thiocarbonyl (C=S) groups is 1. The molecule has 37 heavy (non-hydrogen) atoms. The van der Waals surface area contributed by atoms with Gasteiger partial charge < -0.3 is 24.7 Å². The average molecular weight is 531 g/mol. The fraction of sp³-hybridized carbons (Fsp3) is 0.179. The number of rotatable bonds is 8. The van der Waals surface area contributed by atoms with Crippen LogP contribution >= 0.6 is 24.0 Å². The number of hydrogen-bond acceptors (Lipinski definition) is 6. The van der Waals surface area contributed by atoms with E-state index in [-0.39, 0.29) is 18.0 Å². The summed E-state index contributed by atoms with van der Waals surface area (Å²) in [6.07, 6.45) is 2.15. The second-order valence-electron chi connectivity index (χ2n) is 8.35. The lowest BCUT2D eigenvalue weighted by molar-refractivity contribution is -0.115. The lowest BCUT2D eigenvalue weighted by Gasteiger charge is -2.26. The van der Waals surface area contributed by atoms with Gasteiger partial charge in [-0.1, -0.05) is 43.0 Å². The molecule has 1 saturated heterocycles. The first-order chi connectivity index (χ1) is 18.1. The van der Waals surface area contributed by atoms with Crippen molar-refractivity contribution >= 4 is 46.4 Å². The molecule has 0 unspecified atom stereocenters. The van der Waals surface area contributed by atoms with Gasteiger partial charge in [0.25, 0.3) is 0 Å². The van der Waals surface area contributed by atoms with E-state index in [0.29, 0.717) is 23.0 Å². The van der Waals surface area contributed by atoms with Crippen LogP contribution in [-0.4, -0.2) is 23.1 Å². The highest BCUT2D eigenvalue weighted by Crippen LogP contribution is 2.44. The molecule has 0 bridgehead atoms. The van der Waals surface area contributed by atoms with Crippen LogP contribution in [0.15, 0.2) is 99.5 Å². The summed E-state index contributed by atoms with van der Waals surface area (Å²) in [5.41, 5.74) is 2.26. The van der Waals surface area contributed by atoms with Crippen molar-refractivity contribution in [1.82, 2.24) is 10.3 Å². The topological polar surface area (TPSA) is 79.6 Å². The van der Waals surface area contributed by atoms with E-state index >= 15 is 0 Å². The Morgan fingerprint density at radius 3 is 2.68 bits per heavy atom. The van der Waals surface area contributed by atoms with Gasteiger partial charge >= 0.3 is 0 Å². The molecule has 5 rings (SSSR count). The SMILES string of the molecule is CCC(=O)Nc1ccc(N2C(=S)N[C@H](c3ccccn3)[C@H]2c2ccc(Sc3ccccc3)o2)cc1OC. The number of pyridine rings is 1. The maximum absolute atomic E-state index is 12.0. The van der Waals surface area contributed by atoms with Crippen LogP contribution in [0.25, 0.3) is 0 Å². The smallest absolute Gasteiger partial charge is 0.224 e. The highest BCUT2D eigenvalue weighted by molar-refractivity contribution is 7.99. The third-order valence-corrected chi connectivity index (χ3v) is 7.25. The predicted octanol–water partition coefficient (Wildman–Crippen LogP) is 6.36. The van der Waals surface area contributed by atoms with Crippen LogP contribution in [-0.2, 0) is 4.79 Å². The van der Waals surface area contributed by atoms with E-state index in [1.165, 1.54) is 0 Å². The van der Waals surface area contributed by atoms with Crippen molar-refractivity contribution in [1.29, 1.82) is 0 Å². The Morgan fingerprint density at radius 1 is 1.14 bits per heavy atom. The molecule has 0 aliphatic carbocycles. The molecule has 0 spiro atoms. The third-order valence-electron chi connectivity index (χ3n) is 6.01. The summed E-state index contributed by atoms with van der Waals surface area (Å²) in [4.78, 5) is 19.7. The zero-order valence-electron chi connectivity index (χ0n) is 20.4. The third kappa shape index (κ3) is 5.33. The van der Waals surface area contributed by atoms with Gasteiger partial charge in [0.05, 0.1) is 24.5 Å². The maximum Gasteiger partial charge on any atom is 0.224 e. The van der Waals surface area contributed by atoms with Crippen molar-refractivity contribution < 1.29 is 13.9 Å². The second-order valence-corrected chi connectivity index (χ2v) is 9.82. The van der Waals surface area contributed by atoms with Gasteiger partial charge in [-0.15, -0.1) is 0 Å². The minimum absolute atomic E-state index is 0.0865. The average Bonchev–Trinajstić information content (AvgIpc) is 3.53. The van der Waals surface area contributed by atoms with E-state index in [2.05, 4.69) is 15.6 Å². The van der Waals surface area contributed by atoms with Crippen molar-refractivity contribution in [3.05, 3.63) is 96.5 Å². The summed E-state index contributed by atoms with van der Waals surface area (Å²) < 4.78 is 12.0. The van der Waals surface area contributed by atoms with Gasteiger partial charge in [0, 0.05) is 29.3 Å². The largest absolute Gasteiger partial charge is 0.494 e. The number of hydrogen-bond donors (Lipinski definition) is 2. The number of benzene rings is 2. The quantitative estimate of drug-likeness (QED) is 0.255. The molecule has 1 fully saturated rings. The van der Waals surface area contributed by atoms with Gasteiger partial charge in [-0.2, -0.15) is 0 Å². The normalized spacial score (nSPS) is 16.9. The molecule has 1 amide bonds. The number of methoxy groups -OCH3 is 1. The highest BCUT2D eigenvalue weighted by Gasteiger charge is 2.42. The summed E-state index contributed by atoms with van der Waals surface area (Å²) >= 11 is 7.38. The Morgan fingerprint density at radius 2 is 1.95 bits per heavy atom. The monoisotopic (exact) mass is 530 g/mol. The van der Waals surface area contributed by atoms with Crippen LogP contribution in [0.1, 0.15) is 36.9 Å². The number of aromatic nitrogens is 1. The van der Waals surface area contributed by atoms with Gasteiger partial charge in [-0.25, -0.2) is 0 Å². The lowest BCUT2D eigenvalue weighted by Crippen LogP contribution is -2.29. The summed E-state index contributed by atoms with van der Waals surface area (Å²) in [6.45, 7) is 1.81. The molecular weight excluding hydrogens is 504 g/mol. The van der Waals surface area contributed by atoms with Gasteiger partial charge in [0.15, 0.2) is 10.2 Å². The Kier molecular flexibility index (Phi) is 7.43. The summed E-state index contributed by atoms with van der Waals surface area (Å²) in [5.74, 6) is 1.21. The number of furan rings is 1. The molecule has 1 aliphatic heterocycles. The van der Waals surface area contributed by atoms with E-state index in [1.54, 1.807) is 32.0 Å². The van der Waals surface area contributed by atoms with Crippen molar-refractivity contribution in [2.75, 3.05) is 17.3 Å². The Balaban J connectivity index is 1.53. The molecule has 2 atom stereocenters. The zero-order valence-corrected chi connectivity index (χ0v) is 22.0. The molecule has 2 aromatic carbocycles. The first-order valence-electron chi connectivity index (χ1n) is 11.9. The van der Waals surface area contributed by atoms with Crippen LogP contribution < -0.4 is 20.3 Å². The number of carbonyl (C=O) groups is 1. The van der Waals surface area contributed by atoms with Crippen molar-refractivity contribution in [2.24, 2.45) is 0 Å². The predicted molar refractivity (Wildman–Crippen MR) is 149 cm³/mol. The number of carbonyl (C=O) groups excluding carboxylic acids is 1. The number of nitrogens with one attached hydrogen (secondary N) is 2. The van der Waals surface area contributed by atoms with Gasteiger partial charge in [-0.05, 0) is 60.7 Å². The van der Waals surface area contributed by atoms with Crippen LogP contribution in [0.2, 0.25) is 0 Å². The van der Waals surface area contributed by atoms with Crippen LogP contribution in [0.4, 0.5) is 11.4 Å². The standard InChI is InChI=1S/C28H26N4O3S2/c1-3-24(33)30-20-13-12-18(17-23(20)34-2)32-27(26(31-28(32)36)21-11-7-8-16-29-21)22-14-15-25(35-22)37-19-9-5-4-6-10-19/h4-17,26-27H,3H2,1-2H3,(H,30,33)(H,31,36)/t26-,27-/m1/s1. The van der Waals surface area contributed by atoms with Crippen molar-refractivity contribution in [3.63, 3.8) is 0 Å². The zero-order chi connectivity index (χ0) is 25.8. The van der Waals surface area contributed by atoms with Gasteiger partial charge in [0.2, 0.25) is 5.91 Å². The van der Waals surface area contributed by atoms with Crippen LogP contribution in [0.3, 0.4) is 0 Å². The van der Waals surface area contributed by atoms with Crippen molar-refractivity contribution in [3.8, 4) is 5.75 Å². The van der Waals surface area contributed by atoms with Crippen LogP contribution in [0.5, 0.6) is 5.75 Å². The molecule has 0 radical (unpaired) electrons. The fourth-order valence-corrected chi connectivity index (χ4v) is 5.39. The molecule has 7 nitrogen and oxygen atoms in total. The fourth-order valence-electron chi connectivity index (χ4n) is 4.25. The van der Waals surface area contributed by atoms with E-state index < -0.39 is 0 Å². The first kappa shape index (κ1) is 24.9. The molecule has 2 aromatic heterocycles. The first-order valence-corrected chi connectivity index (χ1v) is 13.1. The second kappa shape index (κ2) is 11.1. The van der Waals surface area contributed by atoms with E-state index in [9.17, 15) is 4.79 Å². The Labute approximate surface area is 225 Å². The maximum atomic E-state index is 12.0. The molecule has 3 heterocycles. The Hall–Kier alpha value is -3.82. The molecular formula is C28H26N4O3S2. The van der Waals surface area contributed by atoms with Crippen LogP contribution in [0, 0.1) is 0 Å². The molecule has 1 aliphatic rings. The summed E-state index contributed by atoms with van der Waals surface area (Å²) in [6, 6.07) is 25.0. The number of ether oxygens (including phenoxy) is 1. The molecule has 188 valence electrons. The molecule has 2 N–H and O–H groups in total. The van der Waals surface area contributed by atoms with Gasteiger partial charge in [-0.3, -0.25) is 9.78 Å².